The van der Waals surface area contributed by atoms with Gasteiger partial charge in [-0.2, -0.15) is 0 Å². The van der Waals surface area contributed by atoms with E-state index in [4.69, 9.17) is 4.74 Å². The summed E-state index contributed by atoms with van der Waals surface area (Å²) in [6.45, 7) is 6.27. The summed E-state index contributed by atoms with van der Waals surface area (Å²) in [7, 11) is 0. The number of hydrogen-bond acceptors (Lipinski definition) is 1. The van der Waals surface area contributed by atoms with Crippen molar-refractivity contribution in [2.45, 2.75) is 50.8 Å². The second-order valence-corrected chi connectivity index (χ2v) is 5.99. The average molecular weight is 263 g/mol. The summed E-state index contributed by atoms with van der Waals surface area (Å²) in [4.78, 5) is 0.749. The van der Waals surface area contributed by atoms with Gasteiger partial charge in [0.2, 0.25) is 0 Å². The van der Waals surface area contributed by atoms with Crippen LogP contribution in [0.4, 0.5) is 0 Å². The maximum absolute atomic E-state index is 5.63. The summed E-state index contributed by atoms with van der Waals surface area (Å²) >= 11 is 3.78. The summed E-state index contributed by atoms with van der Waals surface area (Å²) in [6, 6.07) is 0. The first-order valence-corrected chi connectivity index (χ1v) is 6.83. The zero-order chi connectivity index (χ0) is 10.4. The largest absolute Gasteiger partial charge is 0.381 e. The topological polar surface area (TPSA) is 9.23 Å². The van der Waals surface area contributed by atoms with Crippen LogP contribution in [-0.2, 0) is 4.74 Å². The van der Waals surface area contributed by atoms with Gasteiger partial charge in [-0.25, -0.2) is 0 Å². The molecule has 0 bridgehead atoms. The molecular weight excluding hydrogens is 240 g/mol. The minimum absolute atomic E-state index is 0.668. The molecule has 1 nitrogen and oxygen atoms in total. The third-order valence-corrected chi connectivity index (χ3v) is 4.11. The lowest BCUT2D eigenvalue weighted by Gasteiger charge is -2.27. The van der Waals surface area contributed by atoms with E-state index in [1.165, 1.54) is 32.1 Å². The fourth-order valence-corrected chi connectivity index (χ4v) is 2.89. The van der Waals surface area contributed by atoms with E-state index in [0.717, 1.165) is 24.0 Å². The molecule has 0 aromatic heterocycles. The van der Waals surface area contributed by atoms with Crippen LogP contribution in [0.1, 0.15) is 46.0 Å². The van der Waals surface area contributed by atoms with Gasteiger partial charge < -0.3 is 4.74 Å². The van der Waals surface area contributed by atoms with Crippen molar-refractivity contribution >= 4 is 15.9 Å². The van der Waals surface area contributed by atoms with Crippen molar-refractivity contribution < 1.29 is 4.74 Å². The van der Waals surface area contributed by atoms with Crippen LogP contribution in [0.25, 0.3) is 0 Å². The van der Waals surface area contributed by atoms with Gasteiger partial charge in [0.15, 0.2) is 0 Å². The molecule has 0 radical (unpaired) electrons. The molecule has 2 heteroatoms. The number of halogens is 1. The zero-order valence-electron chi connectivity index (χ0n) is 9.47. The first-order chi connectivity index (χ1) is 6.70. The van der Waals surface area contributed by atoms with Gasteiger partial charge in [-0.3, -0.25) is 0 Å². The Balaban J connectivity index is 2.04. The minimum atomic E-state index is 0.668. The predicted molar refractivity (Wildman–Crippen MR) is 64.9 cm³/mol. The summed E-state index contributed by atoms with van der Waals surface area (Å²) in [5.41, 5.74) is 0. The number of ether oxygens (including phenoxy) is 1. The molecule has 0 amide bonds. The highest BCUT2D eigenvalue weighted by atomic mass is 79.9. The number of alkyl halides is 1. The van der Waals surface area contributed by atoms with Gasteiger partial charge in [-0.05, 0) is 31.1 Å². The molecule has 1 rings (SSSR count). The van der Waals surface area contributed by atoms with E-state index in [1.54, 1.807) is 0 Å². The quantitative estimate of drug-likeness (QED) is 0.538. The zero-order valence-corrected chi connectivity index (χ0v) is 11.1. The fraction of sp³-hybridized carbons (Fsp3) is 1.00. The monoisotopic (exact) mass is 262 g/mol. The fourth-order valence-electron chi connectivity index (χ4n) is 2.04. The van der Waals surface area contributed by atoms with E-state index in [1.807, 2.05) is 0 Å². The van der Waals surface area contributed by atoms with Crippen molar-refractivity contribution in [2.75, 3.05) is 13.2 Å². The first kappa shape index (κ1) is 12.5. The van der Waals surface area contributed by atoms with Crippen molar-refractivity contribution in [3.05, 3.63) is 0 Å². The van der Waals surface area contributed by atoms with E-state index >= 15 is 0 Å². The van der Waals surface area contributed by atoms with Gasteiger partial charge in [0.05, 0.1) is 0 Å². The Bertz CT molecular complexity index is 147. The maximum atomic E-state index is 5.63. The maximum Gasteiger partial charge on any atom is 0.0488 e. The standard InChI is InChI=1S/C12H23BrO/c1-10(2)9-14-8-7-11-5-3-4-6-12(11)13/h10-12H,3-9H2,1-2H3. The third kappa shape index (κ3) is 4.79. The van der Waals surface area contributed by atoms with Gasteiger partial charge >= 0.3 is 0 Å². The molecule has 1 saturated carbocycles. The molecular formula is C12H23BrO. The average Bonchev–Trinajstić information content (AvgIpc) is 2.15. The van der Waals surface area contributed by atoms with Crippen LogP contribution in [-0.4, -0.2) is 18.0 Å². The highest BCUT2D eigenvalue weighted by Gasteiger charge is 2.21. The molecule has 2 atom stereocenters. The Hall–Kier alpha value is 0.440. The highest BCUT2D eigenvalue weighted by Crippen LogP contribution is 2.32. The summed E-state index contributed by atoms with van der Waals surface area (Å²) in [5.74, 6) is 1.53. The molecule has 0 aliphatic heterocycles. The Morgan fingerprint density at radius 1 is 1.29 bits per heavy atom. The molecule has 0 aromatic carbocycles. The van der Waals surface area contributed by atoms with Crippen LogP contribution in [0.3, 0.4) is 0 Å². The SMILES string of the molecule is CC(C)COCCC1CCCCC1Br. The van der Waals surface area contributed by atoms with Crippen molar-refractivity contribution in [3.8, 4) is 0 Å². The molecule has 0 N–H and O–H groups in total. The second-order valence-electron chi connectivity index (χ2n) is 4.82. The molecule has 0 heterocycles. The molecule has 0 aromatic rings. The number of hydrogen-bond donors (Lipinski definition) is 0. The third-order valence-electron chi connectivity index (χ3n) is 2.90. The van der Waals surface area contributed by atoms with Crippen LogP contribution in [0.2, 0.25) is 0 Å². The van der Waals surface area contributed by atoms with Crippen LogP contribution in [0.5, 0.6) is 0 Å². The van der Waals surface area contributed by atoms with Crippen LogP contribution < -0.4 is 0 Å². The normalized spacial score (nSPS) is 28.3. The highest BCUT2D eigenvalue weighted by molar-refractivity contribution is 9.09. The lowest BCUT2D eigenvalue weighted by molar-refractivity contribution is 0.0942. The summed E-state index contributed by atoms with van der Waals surface area (Å²) < 4.78 is 5.63. The number of rotatable bonds is 5. The summed E-state index contributed by atoms with van der Waals surface area (Å²) in [5, 5.41) is 0. The molecule has 0 saturated heterocycles. The van der Waals surface area contributed by atoms with E-state index in [9.17, 15) is 0 Å². The Morgan fingerprint density at radius 2 is 2.00 bits per heavy atom. The van der Waals surface area contributed by atoms with Crippen LogP contribution in [0.15, 0.2) is 0 Å². The molecule has 1 aliphatic carbocycles. The van der Waals surface area contributed by atoms with E-state index in [2.05, 4.69) is 29.8 Å². The Kier molecular flexibility index (Phi) is 6.11. The molecule has 0 spiro atoms. The summed E-state index contributed by atoms with van der Waals surface area (Å²) in [6.07, 6.45) is 6.80. The molecule has 14 heavy (non-hydrogen) atoms. The molecule has 2 unspecified atom stereocenters. The molecule has 84 valence electrons. The van der Waals surface area contributed by atoms with Crippen molar-refractivity contribution in [1.29, 1.82) is 0 Å². The molecule has 1 aliphatic rings. The second kappa shape index (κ2) is 6.84. The van der Waals surface area contributed by atoms with Crippen molar-refractivity contribution in [1.82, 2.24) is 0 Å². The van der Waals surface area contributed by atoms with Crippen LogP contribution >= 0.6 is 15.9 Å². The van der Waals surface area contributed by atoms with E-state index in [0.29, 0.717) is 5.92 Å². The van der Waals surface area contributed by atoms with Crippen molar-refractivity contribution in [2.24, 2.45) is 11.8 Å². The Morgan fingerprint density at radius 3 is 2.64 bits per heavy atom. The van der Waals surface area contributed by atoms with Gasteiger partial charge in [-0.15, -0.1) is 0 Å². The Labute approximate surface area is 96.7 Å². The predicted octanol–water partition coefficient (Wildman–Crippen LogP) is 4.00. The van der Waals surface area contributed by atoms with Gasteiger partial charge in [0.1, 0.15) is 0 Å². The lowest BCUT2D eigenvalue weighted by Crippen LogP contribution is -2.21. The lowest BCUT2D eigenvalue weighted by atomic mass is 9.87. The minimum Gasteiger partial charge on any atom is -0.381 e. The first-order valence-electron chi connectivity index (χ1n) is 5.92. The van der Waals surface area contributed by atoms with Gasteiger partial charge in [-0.1, -0.05) is 42.6 Å². The molecule has 1 fully saturated rings. The van der Waals surface area contributed by atoms with E-state index < -0.39 is 0 Å². The van der Waals surface area contributed by atoms with Gasteiger partial charge in [0.25, 0.3) is 0 Å². The van der Waals surface area contributed by atoms with Crippen LogP contribution in [0, 0.1) is 11.8 Å². The van der Waals surface area contributed by atoms with Crippen molar-refractivity contribution in [3.63, 3.8) is 0 Å². The van der Waals surface area contributed by atoms with E-state index in [-0.39, 0.29) is 0 Å². The smallest absolute Gasteiger partial charge is 0.0488 e. The van der Waals surface area contributed by atoms with Gasteiger partial charge in [0, 0.05) is 18.0 Å².